The number of nitro benzene ring substituents is 1. The summed E-state index contributed by atoms with van der Waals surface area (Å²) >= 11 is 0. The first-order valence-electron chi connectivity index (χ1n) is 10.9. The Morgan fingerprint density at radius 2 is 1.59 bits per heavy atom. The molecule has 172 valence electrons. The number of aromatic hydroxyl groups is 1. The first-order chi connectivity index (χ1) is 14.8. The van der Waals surface area contributed by atoms with Gasteiger partial charge in [-0.2, -0.15) is 0 Å². The minimum Gasteiger partial charge on any atom is -0.507 e. The van der Waals surface area contributed by atoms with Gasteiger partial charge in [-0.05, 0) is 28.5 Å². The van der Waals surface area contributed by atoms with Crippen LogP contribution in [-0.4, -0.2) is 40.5 Å². The van der Waals surface area contributed by atoms with Crippen molar-refractivity contribution < 1.29 is 14.8 Å². The lowest BCUT2D eigenvalue weighted by atomic mass is 9.78. The highest BCUT2D eigenvalue weighted by Crippen LogP contribution is 2.40. The number of rotatable bonds is 3. The van der Waals surface area contributed by atoms with Crippen LogP contribution in [-0.2, 0) is 10.8 Å². The molecule has 0 aliphatic carbocycles. The molecule has 3 rings (SSSR count). The number of benzene rings is 2. The molecule has 1 saturated heterocycles. The van der Waals surface area contributed by atoms with E-state index in [4.69, 9.17) is 0 Å². The minimum atomic E-state index is -0.426. The molecule has 1 unspecified atom stereocenters. The third kappa shape index (κ3) is 4.78. The summed E-state index contributed by atoms with van der Waals surface area (Å²) in [7, 11) is 0. The number of piperazine rings is 1. The molecule has 0 spiro atoms. The maximum atomic E-state index is 13.7. The molecule has 1 heterocycles. The van der Waals surface area contributed by atoms with Crippen molar-refractivity contribution in [1.82, 2.24) is 10.2 Å². The Bertz CT molecular complexity index is 982. The Hall–Kier alpha value is -2.93. The second kappa shape index (κ2) is 8.54. The third-order valence-electron chi connectivity index (χ3n) is 5.97. The van der Waals surface area contributed by atoms with E-state index >= 15 is 0 Å². The molecule has 0 saturated carbocycles. The van der Waals surface area contributed by atoms with Crippen molar-refractivity contribution in [3.8, 4) is 5.75 Å². The lowest BCUT2D eigenvalue weighted by molar-refractivity contribution is -0.384. The normalized spacial score (nSPS) is 17.3. The van der Waals surface area contributed by atoms with E-state index in [1.807, 2.05) is 58.6 Å². The summed E-state index contributed by atoms with van der Waals surface area (Å²) in [6.07, 6.45) is 0. The Labute approximate surface area is 189 Å². The van der Waals surface area contributed by atoms with Gasteiger partial charge in [0.05, 0.1) is 11.0 Å². The van der Waals surface area contributed by atoms with Gasteiger partial charge >= 0.3 is 0 Å². The van der Waals surface area contributed by atoms with Gasteiger partial charge in [0.2, 0.25) is 0 Å². The van der Waals surface area contributed by atoms with E-state index in [2.05, 4.69) is 5.32 Å². The summed E-state index contributed by atoms with van der Waals surface area (Å²) in [5, 5.41) is 25.3. The van der Waals surface area contributed by atoms with E-state index in [-0.39, 0.29) is 34.2 Å². The topological polar surface area (TPSA) is 95.7 Å². The first-order valence-corrected chi connectivity index (χ1v) is 10.9. The summed E-state index contributed by atoms with van der Waals surface area (Å²) in [5.41, 5.74) is 2.25. The number of carbonyl (C=O) groups is 1. The second-order valence-corrected chi connectivity index (χ2v) is 10.5. The van der Waals surface area contributed by atoms with Gasteiger partial charge < -0.3 is 15.3 Å². The zero-order chi connectivity index (χ0) is 23.8. The number of nitro groups is 1. The van der Waals surface area contributed by atoms with Gasteiger partial charge in [-0.3, -0.25) is 14.9 Å². The van der Waals surface area contributed by atoms with Gasteiger partial charge in [-0.25, -0.2) is 0 Å². The molecule has 1 aliphatic heterocycles. The molecule has 0 aromatic heterocycles. The average Bonchev–Trinajstić information content (AvgIpc) is 2.71. The summed E-state index contributed by atoms with van der Waals surface area (Å²) < 4.78 is 0. The SMILES string of the molecule is CC(C)(C)c1cc(C(=O)N2CCNCC2c2ccc([N+](=O)[O-])cc2)cc(C(C)(C)C)c1O. The number of nitrogens with one attached hydrogen (secondary N) is 1. The van der Waals surface area contributed by atoms with Gasteiger partial charge in [0.1, 0.15) is 5.75 Å². The first kappa shape index (κ1) is 23.7. The van der Waals surface area contributed by atoms with Gasteiger partial charge in [-0.1, -0.05) is 53.7 Å². The molecule has 1 fully saturated rings. The highest BCUT2D eigenvalue weighted by atomic mass is 16.6. The molecule has 1 aliphatic rings. The molecule has 0 radical (unpaired) electrons. The Balaban J connectivity index is 2.05. The van der Waals surface area contributed by atoms with Crippen LogP contribution in [0.5, 0.6) is 5.75 Å². The summed E-state index contributed by atoms with van der Waals surface area (Å²) in [5.74, 6) is 0.139. The fraction of sp³-hybridized carbons (Fsp3) is 0.480. The Kier molecular flexibility index (Phi) is 6.33. The van der Waals surface area contributed by atoms with E-state index in [0.29, 0.717) is 25.2 Å². The van der Waals surface area contributed by atoms with Crippen LogP contribution >= 0.6 is 0 Å². The molecule has 1 amide bonds. The fourth-order valence-electron chi connectivity index (χ4n) is 4.13. The standard InChI is InChI=1S/C25H33N3O4/c1-24(2,3)19-13-17(14-20(22(19)29)25(4,5)6)23(30)27-12-11-26-15-21(27)16-7-9-18(10-8-16)28(31)32/h7-10,13-14,21,26,29H,11-12,15H2,1-6H3. The van der Waals surface area contributed by atoms with E-state index in [1.54, 1.807) is 12.1 Å². The monoisotopic (exact) mass is 439 g/mol. The maximum Gasteiger partial charge on any atom is 0.269 e. The van der Waals surface area contributed by atoms with Crippen molar-refractivity contribution >= 4 is 11.6 Å². The van der Waals surface area contributed by atoms with Gasteiger partial charge in [0, 0.05) is 48.5 Å². The zero-order valence-corrected chi connectivity index (χ0v) is 19.7. The van der Waals surface area contributed by atoms with E-state index in [9.17, 15) is 20.0 Å². The van der Waals surface area contributed by atoms with Gasteiger partial charge in [0.15, 0.2) is 0 Å². The summed E-state index contributed by atoms with van der Waals surface area (Å²) in [6.45, 7) is 13.9. The highest BCUT2D eigenvalue weighted by Gasteiger charge is 2.32. The molecular formula is C25H33N3O4. The van der Waals surface area contributed by atoms with Gasteiger partial charge in [0.25, 0.3) is 11.6 Å². The quantitative estimate of drug-likeness (QED) is 0.535. The zero-order valence-electron chi connectivity index (χ0n) is 19.7. The van der Waals surface area contributed by atoms with Crippen molar-refractivity contribution in [3.05, 3.63) is 68.8 Å². The van der Waals surface area contributed by atoms with Crippen LogP contribution in [0.15, 0.2) is 36.4 Å². The van der Waals surface area contributed by atoms with Crippen LogP contribution in [0.2, 0.25) is 0 Å². The molecule has 1 atom stereocenters. The average molecular weight is 440 g/mol. The third-order valence-corrected chi connectivity index (χ3v) is 5.97. The minimum absolute atomic E-state index is 0.0265. The van der Waals surface area contributed by atoms with Gasteiger partial charge in [-0.15, -0.1) is 0 Å². The number of non-ortho nitro benzene ring substituents is 1. The van der Waals surface area contributed by atoms with Crippen LogP contribution in [0.25, 0.3) is 0 Å². The molecule has 7 heteroatoms. The maximum absolute atomic E-state index is 13.7. The van der Waals surface area contributed by atoms with Crippen LogP contribution in [0.4, 0.5) is 5.69 Å². The molecule has 2 aromatic rings. The molecule has 2 aromatic carbocycles. The van der Waals surface area contributed by atoms with Crippen LogP contribution in [0.3, 0.4) is 0 Å². The van der Waals surface area contributed by atoms with Crippen molar-refractivity contribution in [1.29, 1.82) is 0 Å². The predicted molar refractivity (Wildman–Crippen MR) is 125 cm³/mol. The van der Waals surface area contributed by atoms with Crippen LogP contribution < -0.4 is 5.32 Å². The largest absolute Gasteiger partial charge is 0.507 e. The molecule has 7 nitrogen and oxygen atoms in total. The fourth-order valence-corrected chi connectivity index (χ4v) is 4.13. The Morgan fingerprint density at radius 1 is 1.06 bits per heavy atom. The predicted octanol–water partition coefficient (Wildman–Crippen LogP) is 4.68. The molecular weight excluding hydrogens is 406 g/mol. The van der Waals surface area contributed by atoms with Crippen LogP contribution in [0.1, 0.15) is 74.6 Å². The number of carbonyl (C=O) groups excluding carboxylic acids is 1. The molecule has 2 N–H and O–H groups in total. The van der Waals surface area contributed by atoms with Crippen molar-refractivity contribution in [2.75, 3.05) is 19.6 Å². The van der Waals surface area contributed by atoms with Crippen molar-refractivity contribution in [2.24, 2.45) is 0 Å². The van der Waals surface area contributed by atoms with Crippen molar-refractivity contribution in [3.63, 3.8) is 0 Å². The van der Waals surface area contributed by atoms with E-state index < -0.39 is 4.92 Å². The smallest absolute Gasteiger partial charge is 0.269 e. The van der Waals surface area contributed by atoms with E-state index in [1.165, 1.54) is 12.1 Å². The number of hydrogen-bond acceptors (Lipinski definition) is 5. The summed E-state index contributed by atoms with van der Waals surface area (Å²) in [4.78, 5) is 26.1. The van der Waals surface area contributed by atoms with Crippen molar-refractivity contribution in [2.45, 2.75) is 58.4 Å². The number of amides is 1. The lowest BCUT2D eigenvalue weighted by Crippen LogP contribution is -2.48. The summed E-state index contributed by atoms with van der Waals surface area (Å²) in [6, 6.07) is 9.76. The number of phenols is 1. The number of hydrogen-bond donors (Lipinski definition) is 2. The second-order valence-electron chi connectivity index (χ2n) is 10.5. The lowest BCUT2D eigenvalue weighted by Gasteiger charge is -2.37. The van der Waals surface area contributed by atoms with Crippen LogP contribution in [0, 0.1) is 10.1 Å². The number of phenolic OH excluding ortho intramolecular Hbond substituents is 1. The highest BCUT2D eigenvalue weighted by molar-refractivity contribution is 5.95. The number of nitrogens with zero attached hydrogens (tertiary/aromatic N) is 2. The van der Waals surface area contributed by atoms with E-state index in [0.717, 1.165) is 16.7 Å². The Morgan fingerprint density at radius 3 is 2.06 bits per heavy atom. The molecule has 0 bridgehead atoms. The molecule has 32 heavy (non-hydrogen) atoms.